The standard InChI is InChI=1S/C56H109NO8/c1-3-5-7-9-11-13-15-17-19-21-22-23-24-25-26-27-28-29-30-32-34-36-38-40-42-44-46-52(60)57-49(48-64-56-55(63)54(62)53(61)51(47-58)65-56)50(59)45-43-41-39-37-35-33-31-20-18-16-14-12-10-8-6-4-2/h43,45,49-51,53-56,58-59,61-63H,3-42,44,46-48H2,1-2H3,(H,57,60)/b45-43+/t49-,50+,51+,53-,54?,55?,56+/m0/s1. The maximum atomic E-state index is 13.0. The zero-order chi connectivity index (χ0) is 47.3. The summed E-state index contributed by atoms with van der Waals surface area (Å²) in [5.74, 6) is -0.170. The van der Waals surface area contributed by atoms with Crippen LogP contribution in [0.4, 0.5) is 0 Å². The molecule has 1 amide bonds. The summed E-state index contributed by atoms with van der Waals surface area (Å²) in [6.45, 7) is 3.81. The first kappa shape index (κ1) is 61.9. The van der Waals surface area contributed by atoms with Crippen LogP contribution in [0.3, 0.4) is 0 Å². The summed E-state index contributed by atoms with van der Waals surface area (Å²) >= 11 is 0. The van der Waals surface area contributed by atoms with Crippen LogP contribution < -0.4 is 5.32 Å². The number of nitrogens with one attached hydrogen (secondary N) is 1. The fourth-order valence-electron chi connectivity index (χ4n) is 9.34. The number of aliphatic hydroxyl groups excluding tert-OH is 5. The minimum atomic E-state index is -1.56. The second-order valence-corrected chi connectivity index (χ2v) is 20.1. The van der Waals surface area contributed by atoms with E-state index < -0.39 is 49.5 Å². The van der Waals surface area contributed by atoms with Crippen molar-refractivity contribution in [2.75, 3.05) is 13.2 Å². The molecule has 9 nitrogen and oxygen atoms in total. The van der Waals surface area contributed by atoms with E-state index in [0.717, 1.165) is 38.5 Å². The average Bonchev–Trinajstić information content (AvgIpc) is 3.31. The molecule has 65 heavy (non-hydrogen) atoms. The summed E-state index contributed by atoms with van der Waals surface area (Å²) in [4.78, 5) is 13.0. The zero-order valence-corrected chi connectivity index (χ0v) is 42.8. The summed E-state index contributed by atoms with van der Waals surface area (Å²) in [5.41, 5.74) is 0. The highest BCUT2D eigenvalue weighted by Gasteiger charge is 2.44. The fraction of sp³-hybridized carbons (Fsp3) is 0.946. The maximum Gasteiger partial charge on any atom is 0.220 e. The van der Waals surface area contributed by atoms with Crippen LogP contribution in [0.5, 0.6) is 0 Å². The lowest BCUT2D eigenvalue weighted by molar-refractivity contribution is -0.302. The van der Waals surface area contributed by atoms with Crippen molar-refractivity contribution in [2.24, 2.45) is 0 Å². The smallest absolute Gasteiger partial charge is 0.220 e. The summed E-state index contributed by atoms with van der Waals surface area (Å²) in [6, 6.07) is -0.800. The quantitative estimate of drug-likeness (QED) is 0.0261. The number of amides is 1. The fourth-order valence-corrected chi connectivity index (χ4v) is 9.34. The molecule has 1 aliphatic heterocycles. The Morgan fingerprint density at radius 2 is 0.846 bits per heavy atom. The maximum absolute atomic E-state index is 13.0. The molecule has 6 N–H and O–H groups in total. The van der Waals surface area contributed by atoms with Crippen LogP contribution in [-0.2, 0) is 14.3 Å². The molecule has 0 aliphatic carbocycles. The predicted molar refractivity (Wildman–Crippen MR) is 272 cm³/mol. The van der Waals surface area contributed by atoms with Crippen molar-refractivity contribution in [2.45, 2.75) is 326 Å². The highest BCUT2D eigenvalue weighted by atomic mass is 16.7. The van der Waals surface area contributed by atoms with E-state index in [0.29, 0.717) is 6.42 Å². The highest BCUT2D eigenvalue weighted by molar-refractivity contribution is 5.76. The molecule has 0 saturated carbocycles. The molecular weight excluding hydrogens is 815 g/mol. The lowest BCUT2D eigenvalue weighted by Gasteiger charge is -2.40. The van der Waals surface area contributed by atoms with Crippen molar-refractivity contribution in [1.29, 1.82) is 0 Å². The number of ether oxygens (including phenoxy) is 2. The van der Waals surface area contributed by atoms with E-state index >= 15 is 0 Å². The van der Waals surface area contributed by atoms with E-state index in [9.17, 15) is 30.3 Å². The number of carbonyl (C=O) groups excluding carboxylic acids is 1. The van der Waals surface area contributed by atoms with Gasteiger partial charge >= 0.3 is 0 Å². The summed E-state index contributed by atoms with van der Waals surface area (Å²) < 4.78 is 11.3. The molecule has 0 spiro atoms. The van der Waals surface area contributed by atoms with Crippen LogP contribution in [0.1, 0.15) is 284 Å². The number of carbonyl (C=O) groups is 1. The van der Waals surface area contributed by atoms with Crippen LogP contribution in [0.25, 0.3) is 0 Å². The minimum Gasteiger partial charge on any atom is -0.394 e. The van der Waals surface area contributed by atoms with Crippen LogP contribution in [0, 0.1) is 0 Å². The Hall–Kier alpha value is -1.07. The van der Waals surface area contributed by atoms with Gasteiger partial charge in [0.05, 0.1) is 25.4 Å². The molecular formula is C56H109NO8. The van der Waals surface area contributed by atoms with Crippen LogP contribution in [-0.4, -0.2) is 87.5 Å². The minimum absolute atomic E-state index is 0.170. The molecule has 1 saturated heterocycles. The predicted octanol–water partition coefficient (Wildman–Crippen LogP) is 13.6. The Morgan fingerprint density at radius 3 is 1.20 bits per heavy atom. The molecule has 1 rings (SSSR count). The van der Waals surface area contributed by atoms with Gasteiger partial charge in [-0.15, -0.1) is 0 Å². The van der Waals surface area contributed by atoms with E-state index in [4.69, 9.17) is 9.47 Å². The first-order valence-electron chi connectivity index (χ1n) is 28.4. The third-order valence-electron chi connectivity index (χ3n) is 13.9. The van der Waals surface area contributed by atoms with E-state index in [1.807, 2.05) is 6.08 Å². The van der Waals surface area contributed by atoms with Crippen molar-refractivity contribution in [1.82, 2.24) is 5.32 Å². The first-order chi connectivity index (χ1) is 31.8. The molecule has 0 bridgehead atoms. The van der Waals surface area contributed by atoms with Crippen molar-refractivity contribution < 1.29 is 39.8 Å². The van der Waals surface area contributed by atoms with Gasteiger partial charge in [0.2, 0.25) is 5.91 Å². The third kappa shape index (κ3) is 36.6. The SMILES string of the molecule is CCCCCCCCCCCCCCCC/C=C/[C@@H](O)[C@H](CO[C@@H]1O[C@H](CO)[C@H](O)C(O)C1O)NC(=O)CCCCCCCCCCCCCCCCCCCCCCCCCCCC. The van der Waals surface area contributed by atoms with Crippen LogP contribution in [0.2, 0.25) is 0 Å². The number of rotatable bonds is 49. The van der Waals surface area contributed by atoms with Gasteiger partial charge in [-0.05, 0) is 19.3 Å². The van der Waals surface area contributed by atoms with Crippen molar-refractivity contribution in [3.8, 4) is 0 Å². The van der Waals surface area contributed by atoms with Gasteiger partial charge in [0.15, 0.2) is 6.29 Å². The van der Waals surface area contributed by atoms with Gasteiger partial charge in [0.25, 0.3) is 0 Å². The van der Waals surface area contributed by atoms with E-state index in [1.54, 1.807) is 6.08 Å². The third-order valence-corrected chi connectivity index (χ3v) is 13.9. The molecule has 1 fully saturated rings. The molecule has 0 radical (unpaired) electrons. The largest absolute Gasteiger partial charge is 0.394 e. The van der Waals surface area contributed by atoms with Crippen molar-refractivity contribution >= 4 is 5.91 Å². The monoisotopic (exact) mass is 924 g/mol. The topological polar surface area (TPSA) is 149 Å². The molecule has 0 aromatic heterocycles. The van der Waals surface area contributed by atoms with Crippen LogP contribution >= 0.6 is 0 Å². The molecule has 9 heteroatoms. The van der Waals surface area contributed by atoms with Gasteiger partial charge in [0, 0.05) is 6.42 Å². The van der Waals surface area contributed by atoms with Crippen molar-refractivity contribution in [3.63, 3.8) is 0 Å². The first-order valence-corrected chi connectivity index (χ1v) is 28.4. The molecule has 386 valence electrons. The lowest BCUT2D eigenvalue weighted by atomic mass is 9.99. The summed E-state index contributed by atoms with van der Waals surface area (Å²) in [7, 11) is 0. The Labute approximate surface area is 401 Å². The number of hydrogen-bond donors (Lipinski definition) is 6. The van der Waals surface area contributed by atoms with Crippen molar-refractivity contribution in [3.05, 3.63) is 12.2 Å². The molecule has 1 aliphatic rings. The molecule has 2 unspecified atom stereocenters. The molecule has 0 aromatic carbocycles. The Morgan fingerprint density at radius 1 is 0.508 bits per heavy atom. The molecule has 7 atom stereocenters. The second-order valence-electron chi connectivity index (χ2n) is 20.1. The van der Waals surface area contributed by atoms with Gasteiger partial charge in [0.1, 0.15) is 24.4 Å². The summed E-state index contributed by atoms with van der Waals surface area (Å²) in [5, 5.41) is 54.4. The van der Waals surface area contributed by atoms with E-state index in [-0.39, 0.29) is 12.5 Å². The molecule has 1 heterocycles. The molecule has 0 aromatic rings. The highest BCUT2D eigenvalue weighted by Crippen LogP contribution is 2.23. The second kappa shape index (κ2) is 46.6. The Bertz CT molecular complexity index is 1030. The van der Waals surface area contributed by atoms with Gasteiger partial charge < -0.3 is 40.3 Å². The van der Waals surface area contributed by atoms with Gasteiger partial charge in [-0.1, -0.05) is 270 Å². The van der Waals surface area contributed by atoms with Gasteiger partial charge in [-0.2, -0.15) is 0 Å². The normalized spacial score (nSPS) is 19.9. The van der Waals surface area contributed by atoms with Gasteiger partial charge in [-0.25, -0.2) is 0 Å². The summed E-state index contributed by atoms with van der Waals surface area (Å²) in [6.07, 6.45) is 49.9. The van der Waals surface area contributed by atoms with E-state index in [1.165, 1.54) is 225 Å². The number of hydrogen-bond acceptors (Lipinski definition) is 8. The van der Waals surface area contributed by atoms with E-state index in [2.05, 4.69) is 19.2 Å². The zero-order valence-electron chi connectivity index (χ0n) is 42.8. The Kier molecular flexibility index (Phi) is 44.5. The van der Waals surface area contributed by atoms with Crippen LogP contribution in [0.15, 0.2) is 12.2 Å². The van der Waals surface area contributed by atoms with Gasteiger partial charge in [-0.3, -0.25) is 4.79 Å². The lowest BCUT2D eigenvalue weighted by Crippen LogP contribution is -2.60. The number of unbranched alkanes of at least 4 members (excludes halogenated alkanes) is 39. The average molecular weight is 924 g/mol. The Balaban J connectivity index is 2.19. The number of allylic oxidation sites excluding steroid dienone is 1. The number of aliphatic hydroxyl groups is 5.